The Balaban J connectivity index is 3.15. The number of nitriles is 1. The molecule has 2 radical (unpaired) electrons. The van der Waals surface area contributed by atoms with Gasteiger partial charge in [-0.3, -0.25) is 0 Å². The summed E-state index contributed by atoms with van der Waals surface area (Å²) < 4.78 is 5.54. The van der Waals surface area contributed by atoms with Crippen LogP contribution in [0, 0.1) is 11.3 Å². The molecule has 0 saturated heterocycles. The minimum atomic E-state index is 0.292. The van der Waals surface area contributed by atoms with Crippen LogP contribution in [-0.2, 0) is 4.43 Å². The molecule has 0 heterocycles. The molecule has 0 N–H and O–H groups in total. The molecule has 0 spiro atoms. The van der Waals surface area contributed by atoms with Gasteiger partial charge in [0.1, 0.15) is 0 Å². The molecule has 0 bridgehead atoms. The van der Waals surface area contributed by atoms with Crippen molar-refractivity contribution in [2.75, 3.05) is 6.61 Å². The summed E-state index contributed by atoms with van der Waals surface area (Å²) in [5, 5.41) is 8.53. The van der Waals surface area contributed by atoms with E-state index in [0.717, 1.165) is 25.9 Å². The first-order valence-electron chi connectivity index (χ1n) is 5.00. The summed E-state index contributed by atoms with van der Waals surface area (Å²) in [6.45, 7) is 7.39. The molecule has 0 fully saturated rings. The molecule has 0 aromatic rings. The van der Waals surface area contributed by atoms with Crippen molar-refractivity contribution in [3.05, 3.63) is 12.2 Å². The third kappa shape index (κ3) is 11.4. The topological polar surface area (TPSA) is 33.0 Å². The molecule has 0 saturated carbocycles. The number of hydrogen-bond acceptors (Lipinski definition) is 2. The molecule has 0 aromatic carbocycles. The number of hydrogen-bond donors (Lipinski definition) is 0. The Labute approximate surface area is 89.9 Å². The summed E-state index contributed by atoms with van der Waals surface area (Å²) in [7, 11) is 0.583. The largest absolute Gasteiger partial charge is 0.417 e. The Kier molecular flexibility index (Phi) is 7.45. The number of allylic oxidation sites excluding steroid dienone is 2. The Hall–Kier alpha value is -0.593. The van der Waals surface area contributed by atoms with Gasteiger partial charge >= 0.3 is 0 Å². The van der Waals surface area contributed by atoms with Crippen LogP contribution < -0.4 is 0 Å². The third-order valence-electron chi connectivity index (χ3n) is 1.44. The van der Waals surface area contributed by atoms with Crippen molar-refractivity contribution in [1.29, 1.82) is 5.26 Å². The zero-order chi connectivity index (χ0) is 10.9. The SMILES string of the molecule is CC(C)(C)[Si]OCCCC/C=C\C#N. The van der Waals surface area contributed by atoms with E-state index >= 15 is 0 Å². The predicted octanol–water partition coefficient (Wildman–Crippen LogP) is 3.09. The number of unbranched alkanes of at least 4 members (excludes halogenated alkanes) is 2. The second-order valence-electron chi connectivity index (χ2n) is 4.23. The molecule has 0 atom stereocenters. The van der Waals surface area contributed by atoms with Crippen molar-refractivity contribution < 1.29 is 4.43 Å². The molecule has 0 aliphatic rings. The molecule has 0 aliphatic heterocycles. The smallest absolute Gasteiger partial charge is 0.235 e. The first-order chi connectivity index (χ1) is 6.56. The minimum absolute atomic E-state index is 0.292. The zero-order valence-electron chi connectivity index (χ0n) is 9.34. The molecular weight excluding hydrogens is 190 g/mol. The van der Waals surface area contributed by atoms with Gasteiger partial charge in [-0.2, -0.15) is 5.26 Å². The molecule has 3 heteroatoms. The van der Waals surface area contributed by atoms with Crippen LogP contribution in [0.4, 0.5) is 0 Å². The lowest BCUT2D eigenvalue weighted by Crippen LogP contribution is -2.13. The molecule has 0 rings (SSSR count). The van der Waals surface area contributed by atoms with Crippen LogP contribution in [-0.4, -0.2) is 16.4 Å². The highest BCUT2D eigenvalue weighted by Crippen LogP contribution is 2.19. The highest BCUT2D eigenvalue weighted by Gasteiger charge is 2.12. The molecule has 78 valence electrons. The molecule has 2 nitrogen and oxygen atoms in total. The fourth-order valence-electron chi connectivity index (χ4n) is 0.840. The number of rotatable bonds is 6. The normalized spacial score (nSPS) is 11.9. The molecule has 14 heavy (non-hydrogen) atoms. The van der Waals surface area contributed by atoms with Gasteiger partial charge in [0.15, 0.2) is 0 Å². The third-order valence-corrected chi connectivity index (χ3v) is 2.40. The average Bonchev–Trinajstić information content (AvgIpc) is 2.08. The van der Waals surface area contributed by atoms with Gasteiger partial charge in [-0.1, -0.05) is 26.8 Å². The van der Waals surface area contributed by atoms with E-state index in [1.54, 1.807) is 0 Å². The van der Waals surface area contributed by atoms with Gasteiger partial charge in [0.25, 0.3) is 0 Å². The van der Waals surface area contributed by atoms with E-state index in [1.807, 2.05) is 12.1 Å². The van der Waals surface area contributed by atoms with Gasteiger partial charge in [-0.15, -0.1) is 0 Å². The van der Waals surface area contributed by atoms with E-state index < -0.39 is 0 Å². The standard InChI is InChI=1S/C11H19NOSi/c1-11(2,3)14-13-10-8-6-4-5-7-9-12/h5,7H,4,6,8,10H2,1-3H3/b7-5-. The van der Waals surface area contributed by atoms with Gasteiger partial charge in [-0.05, 0) is 24.3 Å². The van der Waals surface area contributed by atoms with Crippen LogP contribution in [0.5, 0.6) is 0 Å². The van der Waals surface area contributed by atoms with E-state index in [0.29, 0.717) is 14.8 Å². The van der Waals surface area contributed by atoms with Crippen molar-refractivity contribution >= 4 is 9.76 Å². The van der Waals surface area contributed by atoms with Crippen molar-refractivity contribution in [3.63, 3.8) is 0 Å². The highest BCUT2D eigenvalue weighted by atomic mass is 28.2. The lowest BCUT2D eigenvalue weighted by molar-refractivity contribution is 0.310. The van der Waals surface area contributed by atoms with Crippen LogP contribution in [0.2, 0.25) is 5.04 Å². The second kappa shape index (κ2) is 7.78. The van der Waals surface area contributed by atoms with E-state index in [9.17, 15) is 0 Å². The quantitative estimate of drug-likeness (QED) is 0.382. The first-order valence-corrected chi connectivity index (χ1v) is 5.90. The second-order valence-corrected chi connectivity index (χ2v) is 6.22. The van der Waals surface area contributed by atoms with Gasteiger partial charge in [0, 0.05) is 12.7 Å². The summed E-state index contributed by atoms with van der Waals surface area (Å²) in [5.41, 5.74) is 0. The summed E-state index contributed by atoms with van der Waals surface area (Å²) in [6, 6.07) is 1.98. The summed E-state index contributed by atoms with van der Waals surface area (Å²) >= 11 is 0. The Morgan fingerprint density at radius 1 is 1.36 bits per heavy atom. The summed E-state index contributed by atoms with van der Waals surface area (Å²) in [6.07, 6.45) is 6.62. The highest BCUT2D eigenvalue weighted by molar-refractivity contribution is 6.31. The van der Waals surface area contributed by atoms with Crippen molar-refractivity contribution in [2.24, 2.45) is 0 Å². The van der Waals surface area contributed by atoms with Crippen LogP contribution in [0.3, 0.4) is 0 Å². The van der Waals surface area contributed by atoms with E-state index in [-0.39, 0.29) is 0 Å². The zero-order valence-corrected chi connectivity index (χ0v) is 10.3. The molecular formula is C11H19NOSi. The maximum Gasteiger partial charge on any atom is 0.235 e. The maximum atomic E-state index is 8.24. The molecule has 0 unspecified atom stereocenters. The summed E-state index contributed by atoms with van der Waals surface area (Å²) in [4.78, 5) is 0. The lowest BCUT2D eigenvalue weighted by Gasteiger charge is -2.15. The van der Waals surface area contributed by atoms with E-state index in [1.165, 1.54) is 6.08 Å². The fourth-order valence-corrected chi connectivity index (χ4v) is 1.52. The van der Waals surface area contributed by atoms with E-state index in [4.69, 9.17) is 9.69 Å². The predicted molar refractivity (Wildman–Crippen MR) is 60.0 cm³/mol. The molecule has 0 aromatic heterocycles. The maximum absolute atomic E-state index is 8.24. The Morgan fingerprint density at radius 2 is 2.07 bits per heavy atom. The first kappa shape index (κ1) is 13.4. The van der Waals surface area contributed by atoms with Crippen molar-refractivity contribution in [2.45, 2.75) is 45.1 Å². The lowest BCUT2D eigenvalue weighted by atomic mass is 10.2. The van der Waals surface area contributed by atoms with Gasteiger partial charge < -0.3 is 4.43 Å². The fraction of sp³-hybridized carbons (Fsp3) is 0.727. The monoisotopic (exact) mass is 209 g/mol. The van der Waals surface area contributed by atoms with E-state index in [2.05, 4.69) is 20.8 Å². The Bertz CT molecular complexity index is 200. The van der Waals surface area contributed by atoms with Crippen molar-refractivity contribution in [1.82, 2.24) is 0 Å². The van der Waals surface area contributed by atoms with Crippen LogP contribution in [0.25, 0.3) is 0 Å². The number of nitrogens with zero attached hydrogens (tertiary/aromatic N) is 1. The molecule has 0 amide bonds. The van der Waals surface area contributed by atoms with Crippen LogP contribution >= 0.6 is 0 Å². The Morgan fingerprint density at radius 3 is 2.64 bits per heavy atom. The van der Waals surface area contributed by atoms with Crippen LogP contribution in [0.15, 0.2) is 12.2 Å². The molecule has 0 aliphatic carbocycles. The van der Waals surface area contributed by atoms with Crippen molar-refractivity contribution in [3.8, 4) is 6.07 Å². The average molecular weight is 209 g/mol. The van der Waals surface area contributed by atoms with Crippen LogP contribution in [0.1, 0.15) is 40.0 Å². The van der Waals surface area contributed by atoms with Gasteiger partial charge in [-0.25, -0.2) is 0 Å². The van der Waals surface area contributed by atoms with Gasteiger partial charge in [0.2, 0.25) is 9.76 Å². The summed E-state index contributed by atoms with van der Waals surface area (Å²) in [5.74, 6) is 0. The minimum Gasteiger partial charge on any atom is -0.417 e. The van der Waals surface area contributed by atoms with Gasteiger partial charge in [0.05, 0.1) is 6.07 Å².